The standard InChI is InChI=1S/C22H20N2O4S2/c1-2-27-22(26)15-7-9-16(10-8-15)28-14-21(25)24-18(20-6-4-12-30-20)13-17(23-24)19-5-3-11-29-19/h3-12,18H,2,13-14H2,1H3. The second-order valence-corrected chi connectivity index (χ2v) is 8.46. The molecule has 0 spiro atoms. The second-order valence-electron chi connectivity index (χ2n) is 6.53. The van der Waals surface area contributed by atoms with Crippen molar-refractivity contribution >= 4 is 40.3 Å². The molecule has 0 bridgehead atoms. The molecule has 1 aliphatic heterocycles. The Morgan fingerprint density at radius 3 is 2.53 bits per heavy atom. The third-order valence-electron chi connectivity index (χ3n) is 4.57. The minimum absolute atomic E-state index is 0.121. The first-order chi connectivity index (χ1) is 14.7. The van der Waals surface area contributed by atoms with Crippen molar-refractivity contribution in [2.45, 2.75) is 19.4 Å². The summed E-state index contributed by atoms with van der Waals surface area (Å²) in [6.45, 7) is 1.94. The highest BCUT2D eigenvalue weighted by Crippen LogP contribution is 2.35. The van der Waals surface area contributed by atoms with Gasteiger partial charge in [0.1, 0.15) is 5.75 Å². The number of benzene rings is 1. The van der Waals surface area contributed by atoms with Gasteiger partial charge < -0.3 is 9.47 Å². The zero-order valence-corrected chi connectivity index (χ0v) is 17.9. The van der Waals surface area contributed by atoms with Gasteiger partial charge in [0, 0.05) is 11.3 Å². The Bertz CT molecular complexity index is 1030. The van der Waals surface area contributed by atoms with Crippen LogP contribution in [0, 0.1) is 0 Å². The van der Waals surface area contributed by atoms with Crippen LogP contribution in [0.3, 0.4) is 0 Å². The third kappa shape index (κ3) is 4.44. The lowest BCUT2D eigenvalue weighted by Crippen LogP contribution is -2.31. The number of amides is 1. The number of nitrogens with zero attached hydrogens (tertiary/aromatic N) is 2. The van der Waals surface area contributed by atoms with Gasteiger partial charge in [0.05, 0.1) is 28.8 Å². The zero-order valence-electron chi connectivity index (χ0n) is 16.3. The van der Waals surface area contributed by atoms with Crippen molar-refractivity contribution in [2.75, 3.05) is 13.2 Å². The molecule has 0 saturated heterocycles. The first-order valence-corrected chi connectivity index (χ1v) is 11.3. The van der Waals surface area contributed by atoms with Crippen LogP contribution < -0.4 is 4.74 Å². The van der Waals surface area contributed by atoms with Crippen molar-refractivity contribution in [2.24, 2.45) is 5.10 Å². The molecule has 0 saturated carbocycles. The van der Waals surface area contributed by atoms with Gasteiger partial charge in [-0.3, -0.25) is 4.79 Å². The maximum atomic E-state index is 12.9. The average molecular weight is 441 g/mol. The number of hydrogen-bond donors (Lipinski definition) is 0. The number of hydrogen-bond acceptors (Lipinski definition) is 7. The van der Waals surface area contributed by atoms with Gasteiger partial charge in [-0.1, -0.05) is 12.1 Å². The SMILES string of the molecule is CCOC(=O)c1ccc(OCC(=O)N2N=C(c3cccs3)CC2c2cccs2)cc1. The zero-order chi connectivity index (χ0) is 20.9. The summed E-state index contributed by atoms with van der Waals surface area (Å²) in [6.07, 6.45) is 0.682. The van der Waals surface area contributed by atoms with E-state index in [0.29, 0.717) is 24.3 Å². The smallest absolute Gasteiger partial charge is 0.338 e. The molecule has 6 nitrogen and oxygen atoms in total. The van der Waals surface area contributed by atoms with E-state index in [-0.39, 0.29) is 24.5 Å². The molecule has 30 heavy (non-hydrogen) atoms. The molecular formula is C22H20N2O4S2. The maximum absolute atomic E-state index is 12.9. The fourth-order valence-electron chi connectivity index (χ4n) is 3.15. The van der Waals surface area contributed by atoms with Gasteiger partial charge in [-0.2, -0.15) is 5.10 Å². The number of rotatable bonds is 7. The summed E-state index contributed by atoms with van der Waals surface area (Å²) in [5.74, 6) is -0.0911. The Morgan fingerprint density at radius 2 is 1.87 bits per heavy atom. The van der Waals surface area contributed by atoms with Gasteiger partial charge >= 0.3 is 5.97 Å². The van der Waals surface area contributed by atoms with Crippen molar-refractivity contribution in [3.8, 4) is 5.75 Å². The van der Waals surface area contributed by atoms with Crippen LogP contribution in [0.1, 0.15) is 39.5 Å². The third-order valence-corrected chi connectivity index (χ3v) is 6.46. The first kappa shape index (κ1) is 20.3. The van der Waals surface area contributed by atoms with E-state index in [1.165, 1.54) is 5.01 Å². The highest BCUT2D eigenvalue weighted by molar-refractivity contribution is 7.12. The molecule has 1 unspecified atom stereocenters. The molecule has 154 valence electrons. The van der Waals surface area contributed by atoms with E-state index in [1.807, 2.05) is 35.0 Å². The van der Waals surface area contributed by atoms with Crippen molar-refractivity contribution in [3.63, 3.8) is 0 Å². The maximum Gasteiger partial charge on any atom is 0.338 e. The topological polar surface area (TPSA) is 68.2 Å². The van der Waals surface area contributed by atoms with E-state index in [4.69, 9.17) is 9.47 Å². The van der Waals surface area contributed by atoms with E-state index in [2.05, 4.69) is 5.10 Å². The van der Waals surface area contributed by atoms with Crippen LogP contribution in [-0.4, -0.2) is 35.8 Å². The Kier molecular flexibility index (Phi) is 6.25. The molecular weight excluding hydrogens is 420 g/mol. The van der Waals surface area contributed by atoms with E-state index in [0.717, 1.165) is 15.5 Å². The number of carbonyl (C=O) groups is 2. The number of carbonyl (C=O) groups excluding carboxylic acids is 2. The number of ether oxygens (including phenoxy) is 2. The van der Waals surface area contributed by atoms with Crippen LogP contribution in [0.4, 0.5) is 0 Å². The lowest BCUT2D eigenvalue weighted by Gasteiger charge is -2.20. The van der Waals surface area contributed by atoms with Crippen molar-refractivity contribution in [3.05, 3.63) is 74.6 Å². The minimum atomic E-state index is -0.383. The molecule has 0 fully saturated rings. The van der Waals surface area contributed by atoms with Gasteiger partial charge in [-0.05, 0) is 54.1 Å². The van der Waals surface area contributed by atoms with Crippen LogP contribution in [0.25, 0.3) is 0 Å². The van der Waals surface area contributed by atoms with E-state index in [9.17, 15) is 9.59 Å². The highest BCUT2D eigenvalue weighted by atomic mass is 32.1. The van der Waals surface area contributed by atoms with Crippen LogP contribution in [0.2, 0.25) is 0 Å². The predicted octanol–water partition coefficient (Wildman–Crippen LogP) is 4.74. The number of hydrazone groups is 1. The summed E-state index contributed by atoms with van der Waals surface area (Å²) >= 11 is 3.23. The molecule has 8 heteroatoms. The molecule has 1 atom stereocenters. The van der Waals surface area contributed by atoms with Crippen LogP contribution in [0.15, 0.2) is 64.4 Å². The molecule has 4 rings (SSSR count). The molecule has 0 aliphatic carbocycles. The molecule has 0 N–H and O–H groups in total. The molecule has 1 aliphatic rings. The van der Waals surface area contributed by atoms with Gasteiger partial charge in [0.15, 0.2) is 6.61 Å². The van der Waals surface area contributed by atoms with Gasteiger partial charge in [0.25, 0.3) is 5.91 Å². The molecule has 0 radical (unpaired) electrons. The van der Waals surface area contributed by atoms with Gasteiger partial charge in [-0.25, -0.2) is 9.80 Å². The lowest BCUT2D eigenvalue weighted by atomic mass is 10.1. The Hall–Kier alpha value is -2.97. The molecule has 1 amide bonds. The quantitative estimate of drug-likeness (QED) is 0.498. The first-order valence-electron chi connectivity index (χ1n) is 9.52. The van der Waals surface area contributed by atoms with E-state index < -0.39 is 0 Å². The summed E-state index contributed by atoms with van der Waals surface area (Å²) in [4.78, 5) is 26.8. The average Bonchev–Trinajstić information content (AvgIpc) is 3.53. The van der Waals surface area contributed by atoms with E-state index in [1.54, 1.807) is 53.9 Å². The molecule has 1 aromatic carbocycles. The van der Waals surface area contributed by atoms with Crippen LogP contribution in [-0.2, 0) is 9.53 Å². The lowest BCUT2D eigenvalue weighted by molar-refractivity contribution is -0.135. The summed E-state index contributed by atoms with van der Waals surface area (Å²) < 4.78 is 10.6. The summed E-state index contributed by atoms with van der Waals surface area (Å²) in [7, 11) is 0. The normalized spacial score (nSPS) is 15.7. The van der Waals surface area contributed by atoms with Crippen molar-refractivity contribution < 1.29 is 19.1 Å². The van der Waals surface area contributed by atoms with Crippen molar-refractivity contribution in [1.29, 1.82) is 0 Å². The van der Waals surface area contributed by atoms with Gasteiger partial charge in [0.2, 0.25) is 0 Å². The summed E-state index contributed by atoms with van der Waals surface area (Å²) in [5, 5.41) is 10.2. The highest BCUT2D eigenvalue weighted by Gasteiger charge is 2.34. The van der Waals surface area contributed by atoms with Crippen LogP contribution >= 0.6 is 22.7 Å². The molecule has 3 aromatic rings. The predicted molar refractivity (Wildman–Crippen MR) is 117 cm³/mol. The fourth-order valence-corrected chi connectivity index (χ4v) is 4.68. The number of thiophene rings is 2. The Morgan fingerprint density at radius 1 is 1.10 bits per heavy atom. The Balaban J connectivity index is 1.44. The second kappa shape index (κ2) is 9.23. The summed E-state index contributed by atoms with van der Waals surface area (Å²) in [6, 6.07) is 14.4. The largest absolute Gasteiger partial charge is 0.484 e. The molecule has 2 aromatic heterocycles. The Labute approximate surface area is 182 Å². The van der Waals surface area contributed by atoms with Crippen LogP contribution in [0.5, 0.6) is 5.75 Å². The molecule has 3 heterocycles. The van der Waals surface area contributed by atoms with E-state index >= 15 is 0 Å². The number of esters is 1. The van der Waals surface area contributed by atoms with Crippen molar-refractivity contribution in [1.82, 2.24) is 5.01 Å². The fraction of sp³-hybridized carbons (Fsp3) is 0.227. The van der Waals surface area contributed by atoms with Gasteiger partial charge in [-0.15, -0.1) is 22.7 Å². The monoisotopic (exact) mass is 440 g/mol. The minimum Gasteiger partial charge on any atom is -0.484 e. The summed E-state index contributed by atoms with van der Waals surface area (Å²) in [5.41, 5.74) is 1.36.